The van der Waals surface area contributed by atoms with Crippen molar-refractivity contribution < 1.29 is 9.53 Å². The lowest BCUT2D eigenvalue weighted by Crippen LogP contribution is -2.22. The Morgan fingerprint density at radius 1 is 1.14 bits per heavy atom. The minimum Gasteiger partial charge on any atom is -0.459 e. The molecule has 0 radical (unpaired) electrons. The van der Waals surface area contributed by atoms with Crippen LogP contribution < -0.4 is 5.56 Å². The van der Waals surface area contributed by atoms with Gasteiger partial charge < -0.3 is 4.74 Å². The monoisotopic (exact) mass is 405 g/mol. The van der Waals surface area contributed by atoms with Crippen molar-refractivity contribution in [2.45, 2.75) is 26.5 Å². The number of ether oxygens (including phenoxy) is 1. The highest BCUT2D eigenvalue weighted by molar-refractivity contribution is 7.13. The van der Waals surface area contributed by atoms with Gasteiger partial charge in [-0.05, 0) is 19.1 Å². The van der Waals surface area contributed by atoms with Crippen molar-refractivity contribution in [3.63, 3.8) is 0 Å². The Morgan fingerprint density at radius 2 is 1.93 bits per heavy atom. The first kappa shape index (κ1) is 19.0. The molecule has 0 N–H and O–H groups in total. The van der Waals surface area contributed by atoms with Crippen molar-refractivity contribution in [1.29, 1.82) is 0 Å². The van der Waals surface area contributed by atoms with Crippen LogP contribution in [-0.4, -0.2) is 20.5 Å². The number of thiazole rings is 1. The van der Waals surface area contributed by atoms with E-state index in [0.717, 1.165) is 10.6 Å². The summed E-state index contributed by atoms with van der Waals surface area (Å²) in [6, 6.07) is 15.3. The quantitative estimate of drug-likeness (QED) is 0.454. The van der Waals surface area contributed by atoms with Crippen molar-refractivity contribution in [2.75, 3.05) is 0 Å². The number of carbonyl (C=O) groups is 1. The molecule has 146 valence electrons. The van der Waals surface area contributed by atoms with E-state index < -0.39 is 0 Å². The molecular formula is C22H19N3O3S. The number of rotatable bonds is 6. The summed E-state index contributed by atoms with van der Waals surface area (Å²) < 4.78 is 6.75. The molecule has 0 bridgehead atoms. The second-order valence-corrected chi connectivity index (χ2v) is 7.54. The third kappa shape index (κ3) is 4.41. The maximum atomic E-state index is 12.4. The zero-order valence-corrected chi connectivity index (χ0v) is 16.7. The van der Waals surface area contributed by atoms with Crippen LogP contribution in [0.2, 0.25) is 0 Å². The second-order valence-electron chi connectivity index (χ2n) is 6.68. The average molecular weight is 405 g/mol. The highest BCUT2D eigenvalue weighted by atomic mass is 32.1. The Hall–Kier alpha value is -3.32. The van der Waals surface area contributed by atoms with E-state index >= 15 is 0 Å². The minimum atomic E-state index is -0.380. The second kappa shape index (κ2) is 8.36. The molecule has 0 saturated heterocycles. The van der Waals surface area contributed by atoms with E-state index in [1.54, 1.807) is 18.2 Å². The van der Waals surface area contributed by atoms with Crippen molar-refractivity contribution in [3.8, 4) is 10.6 Å². The summed E-state index contributed by atoms with van der Waals surface area (Å²) in [7, 11) is 0. The van der Waals surface area contributed by atoms with Crippen LogP contribution in [0.15, 0.2) is 65.0 Å². The Bertz CT molecular complexity index is 1210. The average Bonchev–Trinajstić information content (AvgIpc) is 3.21. The van der Waals surface area contributed by atoms with Crippen LogP contribution in [0, 0.1) is 6.92 Å². The summed E-state index contributed by atoms with van der Waals surface area (Å²) in [5.41, 5.74) is 3.43. The van der Waals surface area contributed by atoms with Gasteiger partial charge in [-0.25, -0.2) is 9.97 Å². The van der Waals surface area contributed by atoms with Gasteiger partial charge in [0.05, 0.1) is 29.3 Å². The van der Waals surface area contributed by atoms with Crippen molar-refractivity contribution >= 4 is 28.2 Å². The van der Waals surface area contributed by atoms with E-state index in [0.29, 0.717) is 16.6 Å². The third-order valence-corrected chi connectivity index (χ3v) is 5.46. The highest BCUT2D eigenvalue weighted by Gasteiger charge is 2.10. The fraction of sp³-hybridized carbons (Fsp3) is 0.182. The molecule has 2 aromatic carbocycles. The molecule has 4 aromatic rings. The first-order valence-corrected chi connectivity index (χ1v) is 10.1. The molecule has 0 spiro atoms. The fourth-order valence-corrected chi connectivity index (χ4v) is 3.72. The topological polar surface area (TPSA) is 74.1 Å². The number of hydrogen-bond acceptors (Lipinski definition) is 6. The molecule has 29 heavy (non-hydrogen) atoms. The molecule has 0 aliphatic heterocycles. The Morgan fingerprint density at radius 3 is 2.76 bits per heavy atom. The molecule has 2 aromatic heterocycles. The Balaban J connectivity index is 1.33. The summed E-state index contributed by atoms with van der Waals surface area (Å²) in [5.74, 6) is -0.380. The zero-order chi connectivity index (χ0) is 20.2. The first-order valence-electron chi connectivity index (χ1n) is 9.21. The standard InChI is InChI=1S/C22H19N3O3S/c1-15-6-8-16(9-7-15)21-24-17(13-29-21)12-28-20(26)10-11-25-14-23-19-5-3-2-4-18(19)22(25)27/h2-9,13-14H,10-12H2,1H3. The molecule has 2 heterocycles. The highest BCUT2D eigenvalue weighted by Crippen LogP contribution is 2.24. The normalized spacial score (nSPS) is 10.9. The molecule has 0 aliphatic carbocycles. The van der Waals surface area contributed by atoms with Crippen molar-refractivity contribution in [1.82, 2.24) is 14.5 Å². The molecule has 7 heteroatoms. The van der Waals surface area contributed by atoms with Crippen molar-refractivity contribution in [3.05, 3.63) is 81.8 Å². The van der Waals surface area contributed by atoms with Gasteiger partial charge in [0.15, 0.2) is 0 Å². The minimum absolute atomic E-state index is 0.0921. The predicted molar refractivity (Wildman–Crippen MR) is 113 cm³/mol. The lowest BCUT2D eigenvalue weighted by molar-refractivity contribution is -0.145. The van der Waals surface area contributed by atoms with E-state index in [1.165, 1.54) is 27.8 Å². The predicted octanol–water partition coefficient (Wildman–Crippen LogP) is 3.96. The number of carbonyl (C=O) groups excluding carboxylic acids is 1. The van der Waals surface area contributed by atoms with Crippen LogP contribution in [-0.2, 0) is 22.7 Å². The van der Waals surface area contributed by atoms with E-state index in [4.69, 9.17) is 4.74 Å². The van der Waals surface area contributed by atoms with Gasteiger partial charge >= 0.3 is 5.97 Å². The lowest BCUT2D eigenvalue weighted by atomic mass is 10.2. The van der Waals surface area contributed by atoms with Gasteiger partial charge in [-0.3, -0.25) is 14.2 Å². The molecule has 0 unspecified atom stereocenters. The molecule has 0 amide bonds. The summed E-state index contributed by atoms with van der Waals surface area (Å²) in [6.07, 6.45) is 1.56. The SMILES string of the molecule is Cc1ccc(-c2nc(COC(=O)CCn3cnc4ccccc4c3=O)cs2)cc1. The van der Waals surface area contributed by atoms with E-state index in [-0.39, 0.29) is 31.1 Å². The van der Waals surface area contributed by atoms with E-state index in [2.05, 4.69) is 9.97 Å². The fourth-order valence-electron chi connectivity index (χ4n) is 2.91. The molecule has 6 nitrogen and oxygen atoms in total. The van der Waals surface area contributed by atoms with Crippen LogP contribution in [0.5, 0.6) is 0 Å². The van der Waals surface area contributed by atoms with Crippen LogP contribution in [0.1, 0.15) is 17.7 Å². The van der Waals surface area contributed by atoms with Crippen LogP contribution in [0.4, 0.5) is 0 Å². The lowest BCUT2D eigenvalue weighted by Gasteiger charge is -2.06. The number of aromatic nitrogens is 3. The number of fused-ring (bicyclic) bond motifs is 1. The summed E-state index contributed by atoms with van der Waals surface area (Å²) >= 11 is 1.52. The first-order chi connectivity index (χ1) is 14.1. The van der Waals surface area contributed by atoms with Crippen LogP contribution in [0.25, 0.3) is 21.5 Å². The van der Waals surface area contributed by atoms with Crippen LogP contribution in [0.3, 0.4) is 0 Å². The molecular weight excluding hydrogens is 386 g/mol. The molecule has 0 fully saturated rings. The summed E-state index contributed by atoms with van der Waals surface area (Å²) in [5, 5.41) is 3.32. The van der Waals surface area contributed by atoms with Gasteiger partial charge in [0.2, 0.25) is 0 Å². The number of hydrogen-bond donors (Lipinski definition) is 0. The number of esters is 1. The number of benzene rings is 2. The smallest absolute Gasteiger partial charge is 0.307 e. The molecule has 0 atom stereocenters. The molecule has 4 rings (SSSR count). The summed E-state index contributed by atoms with van der Waals surface area (Å²) in [6.45, 7) is 2.38. The molecule has 0 aliphatic rings. The Kier molecular flexibility index (Phi) is 5.48. The summed E-state index contributed by atoms with van der Waals surface area (Å²) in [4.78, 5) is 33.3. The van der Waals surface area contributed by atoms with E-state index in [9.17, 15) is 9.59 Å². The largest absolute Gasteiger partial charge is 0.459 e. The van der Waals surface area contributed by atoms with Gasteiger partial charge in [0, 0.05) is 17.5 Å². The van der Waals surface area contributed by atoms with Gasteiger partial charge in [-0.2, -0.15) is 0 Å². The van der Waals surface area contributed by atoms with Crippen molar-refractivity contribution in [2.24, 2.45) is 0 Å². The maximum Gasteiger partial charge on any atom is 0.307 e. The van der Waals surface area contributed by atoms with Gasteiger partial charge in [0.1, 0.15) is 11.6 Å². The number of para-hydroxylation sites is 1. The molecule has 0 saturated carbocycles. The van der Waals surface area contributed by atoms with Crippen LogP contribution >= 0.6 is 11.3 Å². The third-order valence-electron chi connectivity index (χ3n) is 4.52. The van der Waals surface area contributed by atoms with Gasteiger partial charge in [-0.1, -0.05) is 42.0 Å². The van der Waals surface area contributed by atoms with Gasteiger partial charge in [0.25, 0.3) is 5.56 Å². The number of nitrogens with zero attached hydrogens (tertiary/aromatic N) is 3. The number of aryl methyl sites for hydroxylation is 2. The van der Waals surface area contributed by atoms with E-state index in [1.807, 2.05) is 42.6 Å². The Labute approximate surface area is 171 Å². The van der Waals surface area contributed by atoms with Gasteiger partial charge in [-0.15, -0.1) is 11.3 Å². The zero-order valence-electron chi connectivity index (χ0n) is 15.9. The maximum absolute atomic E-state index is 12.4.